The summed E-state index contributed by atoms with van der Waals surface area (Å²) in [4.78, 5) is 2.67. The standard InChI is InChI=1S/C16H30N2O/c19-12-14-3-1-2-4-16(14)17-15-7-9-18(10-8-15)11-13-5-6-13/h13-17,19H,1-12H2. The summed E-state index contributed by atoms with van der Waals surface area (Å²) in [6, 6.07) is 1.28. The lowest BCUT2D eigenvalue weighted by atomic mass is 9.84. The minimum atomic E-state index is 0.373. The molecule has 0 aromatic carbocycles. The van der Waals surface area contributed by atoms with Gasteiger partial charge in [0.05, 0.1) is 0 Å². The van der Waals surface area contributed by atoms with Gasteiger partial charge in [-0.2, -0.15) is 0 Å². The van der Waals surface area contributed by atoms with Crippen molar-refractivity contribution in [3.63, 3.8) is 0 Å². The summed E-state index contributed by atoms with van der Waals surface area (Å²) in [5.74, 6) is 1.54. The molecule has 3 aliphatic rings. The Labute approximate surface area is 117 Å². The fourth-order valence-electron chi connectivity index (χ4n) is 3.90. The highest BCUT2D eigenvalue weighted by Crippen LogP contribution is 2.31. The van der Waals surface area contributed by atoms with E-state index in [0.717, 1.165) is 5.92 Å². The lowest BCUT2D eigenvalue weighted by Crippen LogP contribution is -2.50. The van der Waals surface area contributed by atoms with Gasteiger partial charge in [0.25, 0.3) is 0 Å². The van der Waals surface area contributed by atoms with E-state index in [9.17, 15) is 5.11 Å². The van der Waals surface area contributed by atoms with E-state index in [2.05, 4.69) is 10.2 Å². The molecule has 0 spiro atoms. The van der Waals surface area contributed by atoms with Crippen LogP contribution in [-0.2, 0) is 0 Å². The fraction of sp³-hybridized carbons (Fsp3) is 1.00. The van der Waals surface area contributed by atoms with E-state index in [1.54, 1.807) is 0 Å². The average Bonchev–Trinajstić information content (AvgIpc) is 3.26. The molecule has 0 radical (unpaired) electrons. The monoisotopic (exact) mass is 266 g/mol. The van der Waals surface area contributed by atoms with E-state index >= 15 is 0 Å². The maximum Gasteiger partial charge on any atom is 0.0474 e. The number of hydrogen-bond donors (Lipinski definition) is 2. The third-order valence-electron chi connectivity index (χ3n) is 5.39. The molecule has 0 aromatic rings. The number of aliphatic hydroxyl groups is 1. The number of piperidine rings is 1. The lowest BCUT2D eigenvalue weighted by molar-refractivity contribution is 0.126. The van der Waals surface area contributed by atoms with Crippen LogP contribution in [0.2, 0.25) is 0 Å². The van der Waals surface area contributed by atoms with Crippen LogP contribution in [0.4, 0.5) is 0 Å². The van der Waals surface area contributed by atoms with Crippen molar-refractivity contribution in [1.29, 1.82) is 0 Å². The zero-order valence-corrected chi connectivity index (χ0v) is 12.2. The molecule has 2 atom stereocenters. The molecule has 3 fully saturated rings. The van der Waals surface area contributed by atoms with Crippen molar-refractivity contribution in [3.8, 4) is 0 Å². The fourth-order valence-corrected chi connectivity index (χ4v) is 3.90. The van der Waals surface area contributed by atoms with Crippen molar-refractivity contribution >= 4 is 0 Å². The Hall–Kier alpha value is -0.120. The van der Waals surface area contributed by atoms with Gasteiger partial charge in [-0.05, 0) is 63.5 Å². The Morgan fingerprint density at radius 3 is 2.37 bits per heavy atom. The van der Waals surface area contributed by atoms with E-state index in [-0.39, 0.29) is 0 Å². The first-order valence-corrected chi connectivity index (χ1v) is 8.44. The van der Waals surface area contributed by atoms with Gasteiger partial charge in [-0.25, -0.2) is 0 Å². The van der Waals surface area contributed by atoms with Crippen LogP contribution >= 0.6 is 0 Å². The third kappa shape index (κ3) is 3.93. The summed E-state index contributed by atoms with van der Waals surface area (Å²) in [5.41, 5.74) is 0. The first-order valence-electron chi connectivity index (χ1n) is 8.44. The molecule has 1 aliphatic heterocycles. The molecule has 19 heavy (non-hydrogen) atoms. The van der Waals surface area contributed by atoms with Crippen LogP contribution in [0.5, 0.6) is 0 Å². The highest BCUT2D eigenvalue weighted by Gasteiger charge is 2.30. The molecule has 110 valence electrons. The summed E-state index contributed by atoms with van der Waals surface area (Å²) in [5, 5.41) is 13.4. The Morgan fingerprint density at radius 2 is 1.68 bits per heavy atom. The Kier molecular flexibility index (Phi) is 4.78. The zero-order chi connectivity index (χ0) is 13.1. The molecule has 3 rings (SSSR count). The van der Waals surface area contributed by atoms with Gasteiger partial charge >= 0.3 is 0 Å². The molecule has 2 unspecified atom stereocenters. The average molecular weight is 266 g/mol. The van der Waals surface area contributed by atoms with Crippen molar-refractivity contribution in [1.82, 2.24) is 10.2 Å². The molecule has 0 amide bonds. The topological polar surface area (TPSA) is 35.5 Å². The normalized spacial score (nSPS) is 34.6. The number of aliphatic hydroxyl groups excluding tert-OH is 1. The van der Waals surface area contributed by atoms with Crippen molar-refractivity contribution in [2.24, 2.45) is 11.8 Å². The maximum atomic E-state index is 9.49. The summed E-state index contributed by atoms with van der Waals surface area (Å²) >= 11 is 0. The largest absolute Gasteiger partial charge is 0.396 e. The Bertz CT molecular complexity index is 272. The highest BCUT2D eigenvalue weighted by atomic mass is 16.3. The zero-order valence-electron chi connectivity index (χ0n) is 12.2. The van der Waals surface area contributed by atoms with E-state index in [1.807, 2.05) is 0 Å². The smallest absolute Gasteiger partial charge is 0.0474 e. The number of rotatable bonds is 5. The second kappa shape index (κ2) is 6.55. The summed E-state index contributed by atoms with van der Waals surface area (Å²) < 4.78 is 0. The summed E-state index contributed by atoms with van der Waals surface area (Å²) in [6.07, 6.45) is 10.7. The van der Waals surface area contributed by atoms with Gasteiger partial charge in [-0.15, -0.1) is 0 Å². The predicted octanol–water partition coefficient (Wildman–Crippen LogP) is 2.00. The van der Waals surface area contributed by atoms with E-state index < -0.39 is 0 Å². The van der Waals surface area contributed by atoms with E-state index in [1.165, 1.54) is 71.0 Å². The maximum absolute atomic E-state index is 9.49. The van der Waals surface area contributed by atoms with Crippen molar-refractivity contribution in [2.45, 2.75) is 63.5 Å². The minimum absolute atomic E-state index is 0.373. The first-order chi connectivity index (χ1) is 9.35. The molecule has 2 N–H and O–H groups in total. The lowest BCUT2D eigenvalue weighted by Gasteiger charge is -2.38. The molecular weight excluding hydrogens is 236 g/mol. The second-order valence-electron chi connectivity index (χ2n) is 7.02. The molecule has 0 aromatic heterocycles. The summed E-state index contributed by atoms with van der Waals surface area (Å²) in [6.45, 7) is 4.29. The Morgan fingerprint density at radius 1 is 0.947 bits per heavy atom. The van der Waals surface area contributed by atoms with Crippen molar-refractivity contribution < 1.29 is 5.11 Å². The molecule has 1 saturated heterocycles. The number of likely N-dealkylation sites (tertiary alicyclic amines) is 1. The van der Waals surface area contributed by atoms with E-state index in [0.29, 0.717) is 24.6 Å². The molecule has 3 nitrogen and oxygen atoms in total. The molecular formula is C16H30N2O. The minimum Gasteiger partial charge on any atom is -0.396 e. The van der Waals surface area contributed by atoms with Crippen LogP contribution in [-0.4, -0.2) is 48.3 Å². The van der Waals surface area contributed by atoms with E-state index in [4.69, 9.17) is 0 Å². The quantitative estimate of drug-likeness (QED) is 0.799. The van der Waals surface area contributed by atoms with Crippen LogP contribution in [0.1, 0.15) is 51.4 Å². The SMILES string of the molecule is OCC1CCCCC1NC1CCN(CC2CC2)CC1. The van der Waals surface area contributed by atoms with Crippen LogP contribution in [0.3, 0.4) is 0 Å². The van der Waals surface area contributed by atoms with Gasteiger partial charge in [0.2, 0.25) is 0 Å². The molecule has 2 saturated carbocycles. The first kappa shape index (κ1) is 13.8. The Balaban J connectivity index is 1.40. The number of hydrogen-bond acceptors (Lipinski definition) is 3. The van der Waals surface area contributed by atoms with Crippen molar-refractivity contribution in [3.05, 3.63) is 0 Å². The van der Waals surface area contributed by atoms with Gasteiger partial charge in [-0.1, -0.05) is 12.8 Å². The predicted molar refractivity (Wildman–Crippen MR) is 78.2 cm³/mol. The number of nitrogens with one attached hydrogen (secondary N) is 1. The highest BCUT2D eigenvalue weighted by molar-refractivity contribution is 4.87. The van der Waals surface area contributed by atoms with Crippen molar-refractivity contribution in [2.75, 3.05) is 26.2 Å². The summed E-state index contributed by atoms with van der Waals surface area (Å²) in [7, 11) is 0. The van der Waals surface area contributed by atoms with Gasteiger partial charge < -0.3 is 15.3 Å². The molecule has 0 bridgehead atoms. The van der Waals surface area contributed by atoms with Crippen LogP contribution in [0.25, 0.3) is 0 Å². The van der Waals surface area contributed by atoms with Crippen LogP contribution < -0.4 is 5.32 Å². The second-order valence-corrected chi connectivity index (χ2v) is 7.02. The van der Waals surface area contributed by atoms with Gasteiger partial charge in [-0.3, -0.25) is 0 Å². The van der Waals surface area contributed by atoms with Crippen LogP contribution in [0, 0.1) is 11.8 Å². The number of nitrogens with zero attached hydrogens (tertiary/aromatic N) is 1. The van der Waals surface area contributed by atoms with Gasteiger partial charge in [0.15, 0.2) is 0 Å². The molecule has 2 aliphatic carbocycles. The van der Waals surface area contributed by atoms with Gasteiger partial charge in [0.1, 0.15) is 0 Å². The molecule has 1 heterocycles. The van der Waals surface area contributed by atoms with Gasteiger partial charge in [0, 0.05) is 25.2 Å². The van der Waals surface area contributed by atoms with Crippen LogP contribution in [0.15, 0.2) is 0 Å². The third-order valence-corrected chi connectivity index (χ3v) is 5.39. The molecule has 3 heteroatoms.